The number of nitrogens with zero attached hydrogens (tertiary/aromatic N) is 2. The van der Waals surface area contributed by atoms with Gasteiger partial charge in [-0.15, -0.1) is 22.7 Å². The molecule has 0 bridgehead atoms. The van der Waals surface area contributed by atoms with Gasteiger partial charge in [0.15, 0.2) is 0 Å². The van der Waals surface area contributed by atoms with Gasteiger partial charge in [-0.2, -0.15) is 0 Å². The van der Waals surface area contributed by atoms with Crippen LogP contribution in [0.3, 0.4) is 0 Å². The van der Waals surface area contributed by atoms with Gasteiger partial charge in [0.1, 0.15) is 0 Å². The van der Waals surface area contributed by atoms with E-state index in [1.54, 1.807) is 22.7 Å². The molecule has 0 spiro atoms. The zero-order valence-electron chi connectivity index (χ0n) is 9.49. The van der Waals surface area contributed by atoms with Crippen LogP contribution >= 0.6 is 22.7 Å². The predicted octanol–water partition coefficient (Wildman–Crippen LogP) is 2.61. The van der Waals surface area contributed by atoms with Crippen LogP contribution < -0.4 is 5.32 Å². The molecule has 2 aromatic rings. The summed E-state index contributed by atoms with van der Waals surface area (Å²) in [6.07, 6.45) is 0.870. The first kappa shape index (κ1) is 11.7. The van der Waals surface area contributed by atoms with Crippen LogP contribution in [0.15, 0.2) is 10.8 Å². The second kappa shape index (κ2) is 5.52. The van der Waals surface area contributed by atoms with E-state index < -0.39 is 0 Å². The molecule has 5 heteroatoms. The fraction of sp³-hybridized carbons (Fsp3) is 0.455. The number of thiazole rings is 2. The average Bonchev–Trinajstić information content (AvgIpc) is 2.86. The Balaban J connectivity index is 1.97. The normalized spacial score (nSPS) is 10.9. The molecular formula is C11H15N3S2. The van der Waals surface area contributed by atoms with Crippen LogP contribution in [0.5, 0.6) is 0 Å². The highest BCUT2D eigenvalue weighted by Crippen LogP contribution is 2.17. The summed E-state index contributed by atoms with van der Waals surface area (Å²) in [5, 5.41) is 9.80. The minimum Gasteiger partial charge on any atom is -0.311 e. The van der Waals surface area contributed by atoms with E-state index in [-0.39, 0.29) is 0 Å². The van der Waals surface area contributed by atoms with Crippen LogP contribution in [-0.2, 0) is 13.0 Å². The number of hydrogen-bond acceptors (Lipinski definition) is 5. The van der Waals surface area contributed by atoms with Gasteiger partial charge in [-0.3, -0.25) is 0 Å². The highest BCUT2D eigenvalue weighted by atomic mass is 32.1. The lowest BCUT2D eigenvalue weighted by molar-refractivity contribution is 0.712. The molecule has 0 aliphatic carbocycles. The number of aryl methyl sites for hydroxylation is 1. The molecule has 0 aliphatic rings. The predicted molar refractivity (Wildman–Crippen MR) is 69.2 cm³/mol. The van der Waals surface area contributed by atoms with E-state index in [1.165, 1.54) is 0 Å². The minimum atomic E-state index is 0.865. The molecule has 2 aromatic heterocycles. The maximum absolute atomic E-state index is 4.57. The van der Waals surface area contributed by atoms with Crippen LogP contribution in [0.1, 0.15) is 28.3 Å². The van der Waals surface area contributed by atoms with E-state index >= 15 is 0 Å². The van der Waals surface area contributed by atoms with Crippen molar-refractivity contribution in [2.24, 2.45) is 0 Å². The van der Waals surface area contributed by atoms with Gasteiger partial charge in [0.05, 0.1) is 22.1 Å². The quantitative estimate of drug-likeness (QED) is 0.890. The molecule has 3 nitrogen and oxygen atoms in total. The topological polar surface area (TPSA) is 37.8 Å². The number of rotatable bonds is 5. The van der Waals surface area contributed by atoms with Crippen molar-refractivity contribution in [2.45, 2.75) is 26.8 Å². The van der Waals surface area contributed by atoms with Crippen LogP contribution in [0, 0.1) is 6.92 Å². The molecule has 86 valence electrons. The summed E-state index contributed by atoms with van der Waals surface area (Å²) in [5.74, 6) is 0. The van der Waals surface area contributed by atoms with Gasteiger partial charge in [-0.1, -0.05) is 6.92 Å². The van der Waals surface area contributed by atoms with Gasteiger partial charge in [0.2, 0.25) is 0 Å². The van der Waals surface area contributed by atoms with E-state index in [0.717, 1.165) is 40.9 Å². The summed E-state index contributed by atoms with van der Waals surface area (Å²) in [4.78, 5) is 9.02. The highest BCUT2D eigenvalue weighted by Gasteiger charge is 2.05. The number of nitrogens with one attached hydrogen (secondary N) is 1. The average molecular weight is 253 g/mol. The monoisotopic (exact) mass is 253 g/mol. The standard InChI is InChI=1S/C11H15N3S2/c1-3-12-5-9-7-16-11(14-9)4-10-13-8(2)6-15-10/h6-7,12H,3-5H2,1-2H3. The molecule has 0 saturated heterocycles. The molecule has 2 rings (SSSR count). The Bertz CT molecular complexity index is 448. The third kappa shape index (κ3) is 3.10. The van der Waals surface area contributed by atoms with Crippen molar-refractivity contribution >= 4 is 22.7 Å². The number of hydrogen-bond donors (Lipinski definition) is 1. The lowest BCUT2D eigenvalue weighted by atomic mass is 10.4. The first-order valence-corrected chi connectivity index (χ1v) is 7.09. The van der Waals surface area contributed by atoms with E-state index in [2.05, 4.69) is 33.0 Å². The van der Waals surface area contributed by atoms with Gasteiger partial charge in [0, 0.05) is 23.0 Å². The Kier molecular flexibility index (Phi) is 4.04. The molecule has 0 unspecified atom stereocenters. The maximum Gasteiger partial charge on any atom is 0.0997 e. The van der Waals surface area contributed by atoms with Crippen molar-refractivity contribution in [1.29, 1.82) is 0 Å². The lowest BCUT2D eigenvalue weighted by Crippen LogP contribution is -2.11. The molecule has 0 amide bonds. The third-order valence-electron chi connectivity index (χ3n) is 2.12. The van der Waals surface area contributed by atoms with E-state index in [4.69, 9.17) is 0 Å². The van der Waals surface area contributed by atoms with Crippen molar-refractivity contribution < 1.29 is 0 Å². The molecule has 0 saturated carbocycles. The Hall–Kier alpha value is -0.780. The maximum atomic E-state index is 4.57. The zero-order valence-corrected chi connectivity index (χ0v) is 11.1. The van der Waals surface area contributed by atoms with Crippen LogP contribution in [-0.4, -0.2) is 16.5 Å². The molecule has 2 heterocycles. The van der Waals surface area contributed by atoms with Gasteiger partial charge in [-0.25, -0.2) is 9.97 Å². The molecule has 0 radical (unpaired) electrons. The van der Waals surface area contributed by atoms with Crippen LogP contribution in [0.4, 0.5) is 0 Å². The van der Waals surface area contributed by atoms with Crippen LogP contribution in [0.25, 0.3) is 0 Å². The van der Waals surface area contributed by atoms with E-state index in [0.29, 0.717) is 0 Å². The van der Waals surface area contributed by atoms with Crippen molar-refractivity contribution in [3.05, 3.63) is 32.2 Å². The fourth-order valence-corrected chi connectivity index (χ4v) is 3.04. The molecule has 1 N–H and O–H groups in total. The molecule has 0 aliphatic heterocycles. The zero-order chi connectivity index (χ0) is 11.4. The summed E-state index contributed by atoms with van der Waals surface area (Å²) in [6.45, 7) is 5.98. The lowest BCUT2D eigenvalue weighted by Gasteiger charge is -1.95. The summed E-state index contributed by atoms with van der Waals surface area (Å²) >= 11 is 3.43. The van der Waals surface area contributed by atoms with Crippen LogP contribution in [0.2, 0.25) is 0 Å². The molecule has 16 heavy (non-hydrogen) atoms. The van der Waals surface area contributed by atoms with Gasteiger partial charge < -0.3 is 5.32 Å². The van der Waals surface area contributed by atoms with Crippen molar-refractivity contribution in [3.63, 3.8) is 0 Å². The molecular weight excluding hydrogens is 238 g/mol. The van der Waals surface area contributed by atoms with Gasteiger partial charge >= 0.3 is 0 Å². The summed E-state index contributed by atoms with van der Waals surface area (Å²) in [5.41, 5.74) is 2.24. The Morgan fingerprint density at radius 3 is 2.62 bits per heavy atom. The summed E-state index contributed by atoms with van der Waals surface area (Å²) in [6, 6.07) is 0. The smallest absolute Gasteiger partial charge is 0.0997 e. The summed E-state index contributed by atoms with van der Waals surface area (Å²) in [7, 11) is 0. The summed E-state index contributed by atoms with van der Waals surface area (Å²) < 4.78 is 0. The molecule has 0 aromatic carbocycles. The van der Waals surface area contributed by atoms with Gasteiger partial charge in [-0.05, 0) is 13.5 Å². The molecule has 0 fully saturated rings. The Morgan fingerprint density at radius 2 is 1.94 bits per heavy atom. The first-order valence-electron chi connectivity index (χ1n) is 5.33. The first-order chi connectivity index (χ1) is 7.78. The van der Waals surface area contributed by atoms with Crippen molar-refractivity contribution in [1.82, 2.24) is 15.3 Å². The van der Waals surface area contributed by atoms with Crippen molar-refractivity contribution in [2.75, 3.05) is 6.54 Å². The third-order valence-corrected chi connectivity index (χ3v) is 3.99. The second-order valence-corrected chi connectivity index (χ2v) is 5.46. The SMILES string of the molecule is CCNCc1csc(Cc2nc(C)cs2)n1. The second-order valence-electron chi connectivity index (χ2n) is 3.57. The minimum absolute atomic E-state index is 0.865. The Labute approximate surface area is 104 Å². The van der Waals surface area contributed by atoms with Gasteiger partial charge in [0.25, 0.3) is 0 Å². The Morgan fingerprint density at radius 1 is 1.19 bits per heavy atom. The van der Waals surface area contributed by atoms with Crippen molar-refractivity contribution in [3.8, 4) is 0 Å². The number of aromatic nitrogens is 2. The van der Waals surface area contributed by atoms with E-state index in [1.807, 2.05) is 6.92 Å². The van der Waals surface area contributed by atoms with E-state index in [9.17, 15) is 0 Å². The molecule has 0 atom stereocenters. The fourth-order valence-electron chi connectivity index (χ4n) is 1.38. The largest absolute Gasteiger partial charge is 0.311 e. The highest BCUT2D eigenvalue weighted by molar-refractivity contribution is 7.11.